The summed E-state index contributed by atoms with van der Waals surface area (Å²) in [7, 11) is -5.32. The molecule has 0 aromatic rings. The van der Waals surface area contributed by atoms with Gasteiger partial charge in [-0.25, -0.2) is 13.5 Å². The monoisotopic (exact) mass is 294 g/mol. The van der Waals surface area contributed by atoms with Crippen LogP contribution in [0.2, 0.25) is 0 Å². The van der Waals surface area contributed by atoms with Crippen LogP contribution in [0.5, 0.6) is 0 Å². The average molecular weight is 294 g/mol. The normalized spacial score (nSPS) is 46.1. The predicted octanol–water partition coefficient (Wildman–Crippen LogP) is -3.49. The molecule has 0 saturated carbocycles. The van der Waals surface area contributed by atoms with Crippen LogP contribution in [-0.4, -0.2) is 72.1 Å². The van der Waals surface area contributed by atoms with Crippen molar-refractivity contribution < 1.29 is 53.5 Å². The van der Waals surface area contributed by atoms with Crippen molar-refractivity contribution in [2.24, 2.45) is 0 Å². The number of phosphoric ester groups is 1. The number of alkyl halides is 1. The zero-order valence-corrected chi connectivity index (χ0v) is 9.51. The van der Waals surface area contributed by atoms with Gasteiger partial charge >= 0.3 is 7.82 Å². The highest BCUT2D eigenvalue weighted by molar-refractivity contribution is 7.46. The highest BCUT2D eigenvalue weighted by Gasteiger charge is 2.64. The van der Waals surface area contributed by atoms with Crippen molar-refractivity contribution in [3.05, 3.63) is 0 Å². The third kappa shape index (κ3) is 2.70. The summed E-state index contributed by atoms with van der Waals surface area (Å²) in [6, 6.07) is 0. The Morgan fingerprint density at radius 2 is 1.78 bits per heavy atom. The Balaban J connectivity index is 3.11. The molecule has 18 heavy (non-hydrogen) atoms. The highest BCUT2D eigenvalue weighted by atomic mass is 31.2. The molecule has 1 aliphatic heterocycles. The molecule has 0 aromatic heterocycles. The molecule has 0 bridgehead atoms. The molecular weight excluding hydrogens is 282 g/mol. The van der Waals surface area contributed by atoms with Gasteiger partial charge in [0.2, 0.25) is 12.1 Å². The molecule has 1 fully saturated rings. The fraction of sp³-hybridized carbons (Fsp3) is 1.00. The van der Waals surface area contributed by atoms with Gasteiger partial charge in [0.05, 0.1) is 0 Å². The Labute approximate surface area is 99.1 Å². The van der Waals surface area contributed by atoms with Gasteiger partial charge in [-0.05, 0) is 0 Å². The van der Waals surface area contributed by atoms with E-state index in [0.29, 0.717) is 0 Å². The summed E-state index contributed by atoms with van der Waals surface area (Å²) in [5.41, 5.74) is 0. The quantitative estimate of drug-likeness (QED) is 0.258. The fourth-order valence-electron chi connectivity index (χ4n) is 1.39. The van der Waals surface area contributed by atoms with Crippen molar-refractivity contribution >= 4 is 7.82 Å². The van der Waals surface area contributed by atoms with Gasteiger partial charge in [0.25, 0.3) is 5.85 Å². The minimum atomic E-state index is -5.32. The molecule has 1 heterocycles. The van der Waals surface area contributed by atoms with E-state index in [0.717, 1.165) is 0 Å². The minimum absolute atomic E-state index is 1.44. The molecule has 10 nitrogen and oxygen atoms in total. The zero-order valence-electron chi connectivity index (χ0n) is 8.62. The van der Waals surface area contributed by atoms with Crippen LogP contribution in [0.15, 0.2) is 0 Å². The molecule has 1 aliphatic rings. The van der Waals surface area contributed by atoms with E-state index in [-0.39, 0.29) is 0 Å². The molecule has 1 saturated heterocycles. The number of hydrogen-bond acceptors (Lipinski definition) is 8. The minimum Gasteiger partial charge on any atom is -0.391 e. The van der Waals surface area contributed by atoms with Gasteiger partial charge < -0.3 is 40.1 Å². The predicted molar refractivity (Wildman–Crippen MR) is 48.1 cm³/mol. The van der Waals surface area contributed by atoms with Crippen LogP contribution < -0.4 is 0 Å². The Morgan fingerprint density at radius 1 is 1.28 bits per heavy atom. The first kappa shape index (κ1) is 15.9. The van der Waals surface area contributed by atoms with Crippen molar-refractivity contribution in [3.63, 3.8) is 0 Å². The lowest BCUT2D eigenvalue weighted by molar-refractivity contribution is -0.434. The Bertz CT molecular complexity index is 356. The summed E-state index contributed by atoms with van der Waals surface area (Å²) >= 11 is 0. The number of aliphatic hydroxyl groups excluding tert-OH is 4. The lowest BCUT2D eigenvalue weighted by Gasteiger charge is -2.47. The summed E-state index contributed by atoms with van der Waals surface area (Å²) < 4.78 is 32.0. The van der Waals surface area contributed by atoms with Crippen molar-refractivity contribution in [3.8, 4) is 0 Å². The van der Waals surface area contributed by atoms with E-state index in [1.165, 1.54) is 0 Å². The number of halogens is 1. The van der Waals surface area contributed by atoms with E-state index in [2.05, 4.69) is 9.26 Å². The second kappa shape index (κ2) is 4.72. The fourth-order valence-corrected chi connectivity index (χ4v) is 2.00. The van der Waals surface area contributed by atoms with Crippen LogP contribution in [-0.2, 0) is 13.8 Å². The van der Waals surface area contributed by atoms with Crippen molar-refractivity contribution in [1.29, 1.82) is 0 Å². The average Bonchev–Trinajstić information content (AvgIpc) is 2.22. The summed E-state index contributed by atoms with van der Waals surface area (Å²) in [4.78, 5) is 17.1. The van der Waals surface area contributed by atoms with Gasteiger partial charge in [0.1, 0.15) is 18.8 Å². The smallest absolute Gasteiger partial charge is 0.391 e. The first-order valence-corrected chi connectivity index (χ1v) is 6.00. The summed E-state index contributed by atoms with van der Waals surface area (Å²) in [6.07, 6.45) is -8.12. The SMILES string of the molecule is O=P(O)(O)O[C@@]1(CO)OC(O)[C@](O)(F)[C@@H](O)[C@@H]1O. The molecule has 0 spiro atoms. The maximum Gasteiger partial charge on any atom is 0.472 e. The van der Waals surface area contributed by atoms with E-state index in [9.17, 15) is 19.2 Å². The second-order valence-corrected chi connectivity index (χ2v) is 4.80. The molecule has 108 valence electrons. The van der Waals surface area contributed by atoms with Crippen LogP contribution in [0.3, 0.4) is 0 Å². The van der Waals surface area contributed by atoms with Gasteiger partial charge in [-0.2, -0.15) is 0 Å². The third-order valence-corrected chi connectivity index (χ3v) is 2.86. The molecule has 0 radical (unpaired) electrons. The molecule has 0 aliphatic carbocycles. The van der Waals surface area contributed by atoms with Crippen molar-refractivity contribution in [2.45, 2.75) is 30.1 Å². The van der Waals surface area contributed by atoms with Gasteiger partial charge in [-0.15, -0.1) is 0 Å². The molecular formula is C6H12FO10P. The van der Waals surface area contributed by atoms with E-state index in [4.69, 9.17) is 25.1 Å². The van der Waals surface area contributed by atoms with E-state index in [1.807, 2.05) is 0 Å². The van der Waals surface area contributed by atoms with Gasteiger partial charge in [-0.1, -0.05) is 0 Å². The number of ether oxygens (including phenoxy) is 1. The Morgan fingerprint density at radius 3 is 2.17 bits per heavy atom. The first-order chi connectivity index (χ1) is 7.96. The van der Waals surface area contributed by atoms with Crippen LogP contribution in [0.25, 0.3) is 0 Å². The number of hydrogen-bond donors (Lipinski definition) is 7. The molecule has 7 N–H and O–H groups in total. The topological polar surface area (TPSA) is 177 Å². The van der Waals surface area contributed by atoms with E-state index in [1.54, 1.807) is 0 Å². The largest absolute Gasteiger partial charge is 0.472 e. The first-order valence-electron chi connectivity index (χ1n) is 4.47. The molecule has 5 atom stereocenters. The molecule has 1 unspecified atom stereocenters. The molecule has 1 rings (SSSR count). The van der Waals surface area contributed by atoms with Crippen LogP contribution >= 0.6 is 7.82 Å². The zero-order chi connectivity index (χ0) is 14.4. The van der Waals surface area contributed by atoms with Gasteiger partial charge in [0, 0.05) is 0 Å². The second-order valence-electron chi connectivity index (χ2n) is 3.64. The van der Waals surface area contributed by atoms with Crippen LogP contribution in [0.4, 0.5) is 4.39 Å². The summed E-state index contributed by atoms with van der Waals surface area (Å²) in [5.74, 6) is -6.80. The molecule has 0 amide bonds. The van der Waals surface area contributed by atoms with Crippen molar-refractivity contribution in [2.75, 3.05) is 6.61 Å². The van der Waals surface area contributed by atoms with Gasteiger partial charge in [-0.3, -0.25) is 0 Å². The third-order valence-electron chi connectivity index (χ3n) is 2.32. The van der Waals surface area contributed by atoms with E-state index < -0.39 is 44.6 Å². The van der Waals surface area contributed by atoms with Crippen LogP contribution in [0, 0.1) is 0 Å². The molecule has 12 heteroatoms. The van der Waals surface area contributed by atoms with Gasteiger partial charge in [0.15, 0.2) is 0 Å². The standard InChI is InChI=1S/C6H12FO10P/c7-6(12)3(10)2(9)5(1-8,16-4(6)11)17-18(13,14)15/h2-4,8-12H,1H2,(H2,13,14,15)/t2-,3-,4?,5+,6-/m0/s1. The maximum atomic E-state index is 13.3. The Hall–Kier alpha value is -0.200. The van der Waals surface area contributed by atoms with Crippen molar-refractivity contribution in [1.82, 2.24) is 0 Å². The number of phosphoric acid groups is 1. The summed E-state index contributed by atoms with van der Waals surface area (Å²) in [6.45, 7) is -1.44. The maximum absolute atomic E-state index is 13.3. The lowest BCUT2D eigenvalue weighted by Crippen LogP contribution is -2.70. The van der Waals surface area contributed by atoms with Crippen LogP contribution in [0.1, 0.15) is 0 Å². The van der Waals surface area contributed by atoms with E-state index >= 15 is 0 Å². The number of aliphatic hydroxyl groups is 5. The number of rotatable bonds is 3. The highest BCUT2D eigenvalue weighted by Crippen LogP contribution is 2.47. The molecule has 0 aromatic carbocycles. The lowest BCUT2D eigenvalue weighted by atomic mass is 9.95. The Kier molecular flexibility index (Phi) is 4.16. The summed E-state index contributed by atoms with van der Waals surface area (Å²) in [5, 5.41) is 45.4.